The van der Waals surface area contributed by atoms with Crippen molar-refractivity contribution in [2.45, 2.75) is 46.6 Å². The highest BCUT2D eigenvalue weighted by Crippen LogP contribution is 2.41. The highest BCUT2D eigenvalue weighted by Gasteiger charge is 2.34. The maximum atomic E-state index is 15.5. The number of aliphatic hydroxyl groups excluding tert-OH is 1. The van der Waals surface area contributed by atoms with Crippen molar-refractivity contribution in [2.24, 2.45) is 0 Å². The summed E-state index contributed by atoms with van der Waals surface area (Å²) in [4.78, 5) is 17.2. The minimum atomic E-state index is -0.651. The minimum absolute atomic E-state index is 0.0179. The maximum absolute atomic E-state index is 15.5. The van der Waals surface area contributed by atoms with Crippen LogP contribution in [0.3, 0.4) is 0 Å². The molecule has 10 heteroatoms. The van der Waals surface area contributed by atoms with Gasteiger partial charge in [-0.1, -0.05) is 20.8 Å². The smallest absolute Gasteiger partial charge is 0.197 e. The molecule has 0 saturated carbocycles. The molecule has 3 rings (SSSR count). The molecule has 0 fully saturated rings. The zero-order valence-electron chi connectivity index (χ0n) is 24.6. The third-order valence-electron chi connectivity index (χ3n) is 6.79. The molecule has 2 aromatic rings. The quantitative estimate of drug-likeness (QED) is 0.328. The van der Waals surface area contributed by atoms with E-state index in [1.807, 2.05) is 31.7 Å². The van der Waals surface area contributed by atoms with E-state index in [1.165, 1.54) is 0 Å². The Balaban J connectivity index is 2.00. The zero-order chi connectivity index (χ0) is 29.6. The fraction of sp³-hybridized carbons (Fsp3) is 0.533. The van der Waals surface area contributed by atoms with Gasteiger partial charge in [0.1, 0.15) is 11.6 Å². The average molecular weight is 560 g/mol. The number of hydrogen-bond acceptors (Lipinski definition) is 8. The van der Waals surface area contributed by atoms with Gasteiger partial charge in [0.2, 0.25) is 0 Å². The maximum Gasteiger partial charge on any atom is 0.197 e. The molecule has 0 atom stereocenters. The summed E-state index contributed by atoms with van der Waals surface area (Å²) >= 11 is 0. The number of amidine groups is 1. The number of fused-ring (bicyclic) bond motifs is 1. The number of benzene rings is 2. The number of hydrogen-bond donors (Lipinski definition) is 2. The van der Waals surface area contributed by atoms with Gasteiger partial charge in [-0.2, -0.15) is 0 Å². The van der Waals surface area contributed by atoms with Crippen LogP contribution >= 0.6 is 0 Å². The lowest BCUT2D eigenvalue weighted by Crippen LogP contribution is -2.33. The number of Topliss-reactive ketones (excluding diaryl/α,β-unsaturated/α-hetero) is 1. The Hall–Kier alpha value is -3.37. The van der Waals surface area contributed by atoms with Crippen LogP contribution in [-0.4, -0.2) is 81.9 Å². The SMILES string of the molecule is CCOc1cc2c(c(F)c1OCC)C(=N)N(CC(=O)c1cc(N(CCO)CCOC)c(OC)c(C(C)(C)C)c1)C2. The lowest BCUT2D eigenvalue weighted by Gasteiger charge is -2.31. The van der Waals surface area contributed by atoms with Gasteiger partial charge in [0.05, 0.1) is 51.3 Å². The van der Waals surface area contributed by atoms with Crippen LogP contribution in [0.15, 0.2) is 18.2 Å². The average Bonchev–Trinajstić information content (AvgIpc) is 3.22. The molecule has 0 aliphatic carbocycles. The van der Waals surface area contributed by atoms with Crippen LogP contribution in [0.5, 0.6) is 17.2 Å². The molecule has 9 nitrogen and oxygen atoms in total. The standard InChI is InChI=1S/C30H42FN3O6/c1-8-39-24-16-20-17-34(29(32)25(20)26(31)28(24)40-9-2)18-23(36)19-14-21(30(3,4)5)27(38-7)22(15-19)33(10-12-35)11-13-37-6/h14-16,32,35H,8-13,17-18H2,1-7H3. The number of rotatable bonds is 14. The van der Waals surface area contributed by atoms with E-state index in [0.29, 0.717) is 48.9 Å². The van der Waals surface area contributed by atoms with Crippen LogP contribution in [0.25, 0.3) is 0 Å². The molecule has 40 heavy (non-hydrogen) atoms. The predicted octanol–water partition coefficient (Wildman–Crippen LogP) is 4.40. The van der Waals surface area contributed by atoms with Gasteiger partial charge in [0.15, 0.2) is 23.1 Å². The number of ether oxygens (including phenoxy) is 4. The van der Waals surface area contributed by atoms with Gasteiger partial charge in [0, 0.05) is 37.9 Å². The second-order valence-electron chi connectivity index (χ2n) is 10.6. The molecule has 0 spiro atoms. The molecule has 1 aliphatic rings. The first kappa shape index (κ1) is 31.2. The number of methoxy groups -OCH3 is 2. The molecule has 1 heterocycles. The van der Waals surface area contributed by atoms with Gasteiger partial charge < -0.3 is 33.9 Å². The Morgan fingerprint density at radius 2 is 1.80 bits per heavy atom. The number of anilines is 1. The Labute approximate surface area is 236 Å². The van der Waals surface area contributed by atoms with Crippen molar-refractivity contribution in [1.82, 2.24) is 4.90 Å². The van der Waals surface area contributed by atoms with Crippen LogP contribution in [0.4, 0.5) is 10.1 Å². The predicted molar refractivity (Wildman–Crippen MR) is 153 cm³/mol. The zero-order valence-corrected chi connectivity index (χ0v) is 24.6. The Kier molecular flexibility index (Phi) is 10.4. The number of halogens is 1. The van der Waals surface area contributed by atoms with Crippen molar-refractivity contribution >= 4 is 17.3 Å². The second kappa shape index (κ2) is 13.3. The number of nitrogens with zero attached hydrogens (tertiary/aromatic N) is 2. The highest BCUT2D eigenvalue weighted by molar-refractivity contribution is 6.06. The fourth-order valence-corrected chi connectivity index (χ4v) is 4.88. The van der Waals surface area contributed by atoms with Gasteiger partial charge in [-0.15, -0.1) is 0 Å². The molecule has 2 aromatic carbocycles. The normalized spacial score (nSPS) is 12.9. The van der Waals surface area contributed by atoms with E-state index in [1.54, 1.807) is 45.1 Å². The van der Waals surface area contributed by atoms with E-state index in [4.69, 9.17) is 24.4 Å². The van der Waals surface area contributed by atoms with E-state index < -0.39 is 5.82 Å². The van der Waals surface area contributed by atoms with Crippen LogP contribution in [0, 0.1) is 11.2 Å². The summed E-state index contributed by atoms with van der Waals surface area (Å²) in [6, 6.07) is 5.28. The molecule has 0 unspecified atom stereocenters. The molecule has 220 valence electrons. The number of nitrogens with one attached hydrogen (secondary N) is 1. The van der Waals surface area contributed by atoms with E-state index in [0.717, 1.165) is 5.56 Å². The van der Waals surface area contributed by atoms with Crippen molar-refractivity contribution < 1.29 is 33.2 Å². The fourth-order valence-electron chi connectivity index (χ4n) is 4.88. The molecular formula is C30H42FN3O6. The molecule has 0 radical (unpaired) electrons. The van der Waals surface area contributed by atoms with Crippen molar-refractivity contribution in [2.75, 3.05) is 65.2 Å². The first-order valence-corrected chi connectivity index (χ1v) is 13.6. The second-order valence-corrected chi connectivity index (χ2v) is 10.6. The monoisotopic (exact) mass is 559 g/mol. The first-order chi connectivity index (χ1) is 19.0. The molecule has 0 amide bonds. The molecule has 0 saturated heterocycles. The van der Waals surface area contributed by atoms with Gasteiger partial charge in [0.25, 0.3) is 0 Å². The van der Waals surface area contributed by atoms with Crippen molar-refractivity contribution in [3.8, 4) is 17.2 Å². The first-order valence-electron chi connectivity index (χ1n) is 13.6. The summed E-state index contributed by atoms with van der Waals surface area (Å²) in [7, 11) is 3.20. The summed E-state index contributed by atoms with van der Waals surface area (Å²) in [5, 5.41) is 18.4. The summed E-state index contributed by atoms with van der Waals surface area (Å²) in [5.41, 5.74) is 2.30. The van der Waals surface area contributed by atoms with Crippen molar-refractivity contribution in [3.05, 3.63) is 46.3 Å². The van der Waals surface area contributed by atoms with Gasteiger partial charge in [-0.05, 0) is 43.0 Å². The third kappa shape index (κ3) is 6.50. The molecule has 2 N–H and O–H groups in total. The Morgan fingerprint density at radius 3 is 2.38 bits per heavy atom. The topological polar surface area (TPSA) is 105 Å². The van der Waals surface area contributed by atoms with Gasteiger partial charge in [-0.25, -0.2) is 4.39 Å². The highest BCUT2D eigenvalue weighted by atomic mass is 19.1. The minimum Gasteiger partial charge on any atom is -0.494 e. The summed E-state index contributed by atoms with van der Waals surface area (Å²) in [6.45, 7) is 11.5. The van der Waals surface area contributed by atoms with Crippen LogP contribution in [0.2, 0.25) is 0 Å². The largest absolute Gasteiger partial charge is 0.494 e. The van der Waals surface area contributed by atoms with Crippen LogP contribution in [0.1, 0.15) is 61.7 Å². The Morgan fingerprint density at radius 1 is 1.10 bits per heavy atom. The Bertz CT molecular complexity index is 1230. The molecule has 0 bridgehead atoms. The molecule has 0 aromatic heterocycles. The summed E-state index contributed by atoms with van der Waals surface area (Å²) in [5.74, 6) is -0.0483. The molecule has 1 aliphatic heterocycles. The number of carbonyl (C=O) groups excluding carboxylic acids is 1. The van der Waals surface area contributed by atoms with E-state index >= 15 is 4.39 Å². The van der Waals surface area contributed by atoms with E-state index in [9.17, 15) is 9.90 Å². The van der Waals surface area contributed by atoms with E-state index in [2.05, 4.69) is 0 Å². The number of ketones is 1. The summed E-state index contributed by atoms with van der Waals surface area (Å²) < 4.78 is 37.7. The summed E-state index contributed by atoms with van der Waals surface area (Å²) in [6.07, 6.45) is 0. The van der Waals surface area contributed by atoms with Crippen molar-refractivity contribution in [3.63, 3.8) is 0 Å². The van der Waals surface area contributed by atoms with E-state index in [-0.39, 0.29) is 60.4 Å². The number of carbonyl (C=O) groups is 1. The lowest BCUT2D eigenvalue weighted by molar-refractivity contribution is 0.0962. The third-order valence-corrected chi connectivity index (χ3v) is 6.79. The molecular weight excluding hydrogens is 517 g/mol. The van der Waals surface area contributed by atoms with Crippen LogP contribution in [-0.2, 0) is 16.7 Å². The van der Waals surface area contributed by atoms with Crippen LogP contribution < -0.4 is 19.1 Å². The lowest BCUT2D eigenvalue weighted by atomic mass is 9.84. The number of aliphatic hydroxyl groups is 1. The van der Waals surface area contributed by atoms with Gasteiger partial charge >= 0.3 is 0 Å². The van der Waals surface area contributed by atoms with Crippen molar-refractivity contribution in [1.29, 1.82) is 5.41 Å². The van der Waals surface area contributed by atoms with Gasteiger partial charge in [-0.3, -0.25) is 10.2 Å².